The number of anilines is 1. The molecule has 0 radical (unpaired) electrons. The maximum atomic E-state index is 12.1. The number of nitrogens with one attached hydrogen (secondary N) is 2. The standard InChI is InChI=1S/C16H16N2O3S/c1-10(12-6-4-8-21-12)17-15(19)9-14-16(20)18-11-5-2-3-7-13(11)22-14/h2-8,10,14H,9H2,1H3,(H,17,19)(H,18,20)/t10-,14-/m0/s1. The normalized spacial score (nSPS) is 18.2. The number of hydrogen-bond acceptors (Lipinski definition) is 4. The number of hydrogen-bond donors (Lipinski definition) is 2. The molecule has 3 rings (SSSR count). The molecule has 0 bridgehead atoms. The van der Waals surface area contributed by atoms with Crippen LogP contribution in [0.3, 0.4) is 0 Å². The molecule has 2 N–H and O–H groups in total. The highest BCUT2D eigenvalue weighted by molar-refractivity contribution is 8.01. The Kier molecular flexibility index (Phi) is 4.20. The van der Waals surface area contributed by atoms with Gasteiger partial charge in [-0.15, -0.1) is 11.8 Å². The summed E-state index contributed by atoms with van der Waals surface area (Å²) in [5, 5.41) is 5.27. The molecule has 2 heterocycles. The van der Waals surface area contributed by atoms with Crippen LogP contribution in [0.5, 0.6) is 0 Å². The second-order valence-electron chi connectivity index (χ2n) is 5.10. The van der Waals surface area contributed by atoms with Crippen molar-refractivity contribution in [3.8, 4) is 0 Å². The zero-order valence-corrected chi connectivity index (χ0v) is 12.9. The Hall–Kier alpha value is -2.21. The lowest BCUT2D eigenvalue weighted by Crippen LogP contribution is -2.35. The summed E-state index contributed by atoms with van der Waals surface area (Å²) in [4.78, 5) is 25.2. The van der Waals surface area contributed by atoms with Gasteiger partial charge in [0.2, 0.25) is 11.8 Å². The van der Waals surface area contributed by atoms with Crippen molar-refractivity contribution in [2.24, 2.45) is 0 Å². The monoisotopic (exact) mass is 316 g/mol. The van der Waals surface area contributed by atoms with Crippen LogP contribution in [0.4, 0.5) is 5.69 Å². The van der Waals surface area contributed by atoms with E-state index in [1.54, 1.807) is 12.3 Å². The van der Waals surface area contributed by atoms with E-state index in [0.717, 1.165) is 10.6 Å². The van der Waals surface area contributed by atoms with Gasteiger partial charge in [0.1, 0.15) is 5.76 Å². The van der Waals surface area contributed by atoms with Gasteiger partial charge < -0.3 is 15.1 Å². The molecule has 22 heavy (non-hydrogen) atoms. The quantitative estimate of drug-likeness (QED) is 0.909. The SMILES string of the molecule is C[C@H](NC(=O)C[C@@H]1Sc2ccccc2NC1=O)c1ccco1. The van der Waals surface area contributed by atoms with Crippen LogP contribution in [0.15, 0.2) is 52.0 Å². The maximum absolute atomic E-state index is 12.1. The Balaban J connectivity index is 1.61. The minimum atomic E-state index is -0.418. The number of carbonyl (C=O) groups excluding carboxylic acids is 2. The highest BCUT2D eigenvalue weighted by Gasteiger charge is 2.29. The summed E-state index contributed by atoms with van der Waals surface area (Å²) in [5.74, 6) is 0.389. The third-order valence-electron chi connectivity index (χ3n) is 3.42. The number of furan rings is 1. The van der Waals surface area contributed by atoms with Gasteiger partial charge in [-0.05, 0) is 31.2 Å². The molecule has 1 aliphatic heterocycles. The van der Waals surface area contributed by atoms with Crippen LogP contribution >= 0.6 is 11.8 Å². The second kappa shape index (κ2) is 6.27. The molecule has 0 fully saturated rings. The molecule has 2 atom stereocenters. The Labute approximate surface area is 132 Å². The molecule has 1 aromatic heterocycles. The van der Waals surface area contributed by atoms with Crippen molar-refractivity contribution in [2.45, 2.75) is 29.5 Å². The van der Waals surface area contributed by atoms with Crippen LogP contribution < -0.4 is 10.6 Å². The molecule has 0 unspecified atom stereocenters. The van der Waals surface area contributed by atoms with Crippen molar-refractivity contribution in [1.29, 1.82) is 0 Å². The Morgan fingerprint density at radius 2 is 2.18 bits per heavy atom. The number of fused-ring (bicyclic) bond motifs is 1. The zero-order valence-electron chi connectivity index (χ0n) is 12.0. The second-order valence-corrected chi connectivity index (χ2v) is 6.35. The molecule has 2 aromatic rings. The molecule has 2 amide bonds. The lowest BCUT2D eigenvalue weighted by molar-refractivity contribution is -0.124. The van der Waals surface area contributed by atoms with Crippen LogP contribution in [0, 0.1) is 0 Å². The number of rotatable bonds is 4. The lowest BCUT2D eigenvalue weighted by atomic mass is 10.2. The fourth-order valence-corrected chi connectivity index (χ4v) is 3.41. The van der Waals surface area contributed by atoms with E-state index in [9.17, 15) is 9.59 Å². The molecule has 114 valence electrons. The summed E-state index contributed by atoms with van der Waals surface area (Å²) >= 11 is 1.42. The molecular weight excluding hydrogens is 300 g/mol. The average molecular weight is 316 g/mol. The van der Waals surface area contributed by atoms with Gasteiger partial charge in [0.15, 0.2) is 0 Å². The number of carbonyl (C=O) groups is 2. The summed E-state index contributed by atoms with van der Waals surface area (Å²) in [6, 6.07) is 11.0. The van der Waals surface area contributed by atoms with E-state index < -0.39 is 5.25 Å². The molecule has 0 spiro atoms. The van der Waals surface area contributed by atoms with Crippen molar-refractivity contribution < 1.29 is 14.0 Å². The van der Waals surface area contributed by atoms with Crippen LogP contribution in [-0.2, 0) is 9.59 Å². The molecule has 5 nitrogen and oxygen atoms in total. The largest absolute Gasteiger partial charge is 0.467 e. The van der Waals surface area contributed by atoms with Gasteiger partial charge in [-0.25, -0.2) is 0 Å². The molecule has 0 saturated carbocycles. The van der Waals surface area contributed by atoms with E-state index in [4.69, 9.17) is 4.42 Å². The first-order valence-corrected chi connectivity index (χ1v) is 7.91. The molecule has 1 aromatic carbocycles. The molecule has 0 saturated heterocycles. The summed E-state index contributed by atoms with van der Waals surface area (Å²) in [6.45, 7) is 1.85. The van der Waals surface area contributed by atoms with Crippen LogP contribution in [0.25, 0.3) is 0 Å². The first kappa shape index (κ1) is 14.7. The summed E-state index contributed by atoms with van der Waals surface area (Å²) in [6.07, 6.45) is 1.70. The van der Waals surface area contributed by atoms with Crippen LogP contribution in [-0.4, -0.2) is 17.1 Å². The number of thioether (sulfide) groups is 1. The van der Waals surface area contributed by atoms with Crippen LogP contribution in [0.1, 0.15) is 25.1 Å². The van der Waals surface area contributed by atoms with Gasteiger partial charge in [0.25, 0.3) is 0 Å². The number of benzene rings is 1. The number of para-hydroxylation sites is 1. The highest BCUT2D eigenvalue weighted by atomic mass is 32.2. The minimum absolute atomic E-state index is 0.135. The average Bonchev–Trinajstić information content (AvgIpc) is 3.02. The molecular formula is C16H16N2O3S. The third kappa shape index (κ3) is 3.17. The molecule has 1 aliphatic rings. The topological polar surface area (TPSA) is 71.3 Å². The van der Waals surface area contributed by atoms with E-state index in [-0.39, 0.29) is 24.3 Å². The predicted molar refractivity (Wildman–Crippen MR) is 84.6 cm³/mol. The van der Waals surface area contributed by atoms with E-state index in [2.05, 4.69) is 10.6 Å². The van der Waals surface area contributed by atoms with Crippen molar-refractivity contribution in [2.75, 3.05) is 5.32 Å². The summed E-state index contributed by atoms with van der Waals surface area (Å²) < 4.78 is 5.25. The van der Waals surface area contributed by atoms with Gasteiger partial charge in [0.05, 0.1) is 23.2 Å². The van der Waals surface area contributed by atoms with E-state index in [1.807, 2.05) is 37.3 Å². The van der Waals surface area contributed by atoms with E-state index >= 15 is 0 Å². The van der Waals surface area contributed by atoms with Gasteiger partial charge >= 0.3 is 0 Å². The highest BCUT2D eigenvalue weighted by Crippen LogP contribution is 2.36. The number of amides is 2. The van der Waals surface area contributed by atoms with Gasteiger partial charge in [-0.2, -0.15) is 0 Å². The lowest BCUT2D eigenvalue weighted by Gasteiger charge is -2.24. The Bertz CT molecular complexity index is 684. The van der Waals surface area contributed by atoms with Gasteiger partial charge in [-0.3, -0.25) is 9.59 Å². The first-order valence-electron chi connectivity index (χ1n) is 7.03. The van der Waals surface area contributed by atoms with Crippen molar-refractivity contribution in [3.05, 3.63) is 48.4 Å². The zero-order chi connectivity index (χ0) is 15.5. The van der Waals surface area contributed by atoms with Gasteiger partial charge in [0, 0.05) is 11.3 Å². The summed E-state index contributed by atoms with van der Waals surface area (Å²) in [7, 11) is 0. The van der Waals surface area contributed by atoms with Crippen LogP contribution in [0.2, 0.25) is 0 Å². The Morgan fingerprint density at radius 3 is 2.95 bits per heavy atom. The van der Waals surface area contributed by atoms with Crippen molar-refractivity contribution in [3.63, 3.8) is 0 Å². The van der Waals surface area contributed by atoms with E-state index in [1.165, 1.54) is 11.8 Å². The predicted octanol–water partition coefficient (Wildman–Crippen LogP) is 2.96. The first-order chi connectivity index (χ1) is 10.6. The van der Waals surface area contributed by atoms with E-state index in [0.29, 0.717) is 5.76 Å². The molecule has 0 aliphatic carbocycles. The fraction of sp³-hybridized carbons (Fsp3) is 0.250. The van der Waals surface area contributed by atoms with Gasteiger partial charge in [-0.1, -0.05) is 12.1 Å². The minimum Gasteiger partial charge on any atom is -0.467 e. The third-order valence-corrected chi connectivity index (χ3v) is 4.70. The molecule has 6 heteroatoms. The smallest absolute Gasteiger partial charge is 0.238 e. The maximum Gasteiger partial charge on any atom is 0.238 e. The summed E-state index contributed by atoms with van der Waals surface area (Å²) in [5.41, 5.74) is 0.804. The van der Waals surface area contributed by atoms with Crippen molar-refractivity contribution >= 4 is 29.3 Å². The van der Waals surface area contributed by atoms with Crippen molar-refractivity contribution in [1.82, 2.24) is 5.32 Å². The Morgan fingerprint density at radius 1 is 1.36 bits per heavy atom. The fourth-order valence-electron chi connectivity index (χ4n) is 2.30.